The monoisotopic (exact) mass is 1060 g/mol. The van der Waals surface area contributed by atoms with Crippen molar-refractivity contribution < 1.29 is 14.3 Å². The number of rotatable bonds is 18. The molecule has 0 radical (unpaired) electrons. The van der Waals surface area contributed by atoms with Crippen LogP contribution in [0.25, 0.3) is 44.3 Å². The summed E-state index contributed by atoms with van der Waals surface area (Å²) < 4.78 is 16.3. The molecule has 2 aliphatic rings. The predicted molar refractivity (Wildman–Crippen MR) is 323 cm³/mol. The quantitative estimate of drug-likeness (QED) is 0.0400. The molecule has 0 fully saturated rings. The highest BCUT2D eigenvalue weighted by atomic mass is 16.5. The van der Waals surface area contributed by atoms with Gasteiger partial charge in [-0.25, -0.2) is 19.9 Å². The van der Waals surface area contributed by atoms with Gasteiger partial charge in [-0.2, -0.15) is 0 Å². The number of hydrogen-bond acceptors (Lipinski definition) is 15. The molecule has 4 aromatic carbocycles. The van der Waals surface area contributed by atoms with Crippen molar-refractivity contribution >= 4 is 73.7 Å². The Morgan fingerprint density at radius 1 is 0.679 bits per heavy atom. The molecule has 0 aliphatic carbocycles. The van der Waals surface area contributed by atoms with Gasteiger partial charge in [-0.15, -0.1) is 0 Å². The first-order valence-corrected chi connectivity index (χ1v) is 26.1. The molecule has 0 saturated heterocycles. The number of benzene rings is 4. The molecule has 0 bridgehead atoms. The molecule has 4 aromatic heterocycles. The largest absolute Gasteiger partial charge is 0.490 e. The second kappa shape index (κ2) is 24.9. The standard InChI is InChI=1S/C31H37N7O2.C28H35N7O.CH4.H3N/c1-7-21-18-32-31(35-29(21)23-19-38-14-15-40-27-11-9-10-22(23)30(27)38)34-24-17-25(33-28(39)8-2)26(16-20(24)3)37(6)13-12-36(4)5;1-6-19-16-30-28(31-23-15-22(29)24(14-18(23)2)34(5)11-10-33(3)4)32-26(19)21-17-35-12-13-36-25-9-7-8-20(21)27(25)35;;/h8-11,16-19H,2,7,12-15H2,1,3-6H3,(H,33,39)(H,32,34,35);7-9,14-17H,6,10-13,29H2,1-5H3,(H,30,31,32);1H4;1H3. The second-order valence-electron chi connectivity index (χ2n) is 20.1. The summed E-state index contributed by atoms with van der Waals surface area (Å²) in [7, 11) is 12.3. The van der Waals surface area contributed by atoms with Crippen LogP contribution in [0, 0.1) is 13.8 Å². The Hall–Kier alpha value is -8.19. The number of aryl methyl sites for hydroxylation is 4. The molecule has 18 heteroatoms. The number of amides is 1. The fraction of sp³-hybridized carbons (Fsp3) is 0.350. The summed E-state index contributed by atoms with van der Waals surface area (Å²) in [5.74, 6) is 2.62. The van der Waals surface area contributed by atoms with Crippen LogP contribution in [0.4, 0.5) is 46.0 Å². The molecule has 18 nitrogen and oxygen atoms in total. The lowest BCUT2D eigenvalue weighted by Crippen LogP contribution is -2.29. The van der Waals surface area contributed by atoms with E-state index in [9.17, 15) is 4.79 Å². The number of para-hydroxylation sites is 2. The van der Waals surface area contributed by atoms with Crippen molar-refractivity contribution in [1.29, 1.82) is 0 Å². The van der Waals surface area contributed by atoms with Crippen LogP contribution in [-0.4, -0.2) is 126 Å². The number of nitrogens with zero attached hydrogens (tertiary/aromatic N) is 10. The van der Waals surface area contributed by atoms with E-state index in [0.29, 0.717) is 30.8 Å². The Morgan fingerprint density at radius 3 is 1.60 bits per heavy atom. The van der Waals surface area contributed by atoms with Gasteiger partial charge in [0.2, 0.25) is 17.8 Å². The van der Waals surface area contributed by atoms with Gasteiger partial charge in [0, 0.05) is 98.3 Å². The number of likely N-dealkylation sites (N-methyl/N-ethyl adjacent to an activating group) is 4. The summed E-state index contributed by atoms with van der Waals surface area (Å²) in [5.41, 5.74) is 22.1. The number of carbonyl (C=O) groups excluding carboxylic acids is 1. The molecule has 6 heterocycles. The summed E-state index contributed by atoms with van der Waals surface area (Å²) in [6.45, 7) is 18.5. The highest BCUT2D eigenvalue weighted by Crippen LogP contribution is 2.41. The summed E-state index contributed by atoms with van der Waals surface area (Å²) in [6.07, 6.45) is 11.1. The molecule has 1 amide bonds. The van der Waals surface area contributed by atoms with E-state index < -0.39 is 0 Å². The molecule has 8 aromatic rings. The maximum absolute atomic E-state index is 12.3. The zero-order valence-corrected chi connectivity index (χ0v) is 46.4. The van der Waals surface area contributed by atoms with Crippen molar-refractivity contribution in [2.75, 3.05) is 113 Å². The van der Waals surface area contributed by atoms with E-state index in [1.165, 1.54) is 6.08 Å². The normalized spacial score (nSPS) is 12.2. The minimum absolute atomic E-state index is 0. The Balaban J connectivity index is 0.000000222. The van der Waals surface area contributed by atoms with Crippen LogP contribution < -0.4 is 47.1 Å². The van der Waals surface area contributed by atoms with Crippen molar-refractivity contribution in [2.45, 2.75) is 61.1 Å². The number of carbonyl (C=O) groups is 1. The van der Waals surface area contributed by atoms with Gasteiger partial charge in [0.1, 0.15) is 24.7 Å². The van der Waals surface area contributed by atoms with Crippen molar-refractivity contribution in [3.63, 3.8) is 0 Å². The first-order chi connectivity index (χ1) is 36.6. The summed E-state index contributed by atoms with van der Waals surface area (Å²) in [4.78, 5) is 40.2. The molecule has 0 atom stereocenters. The van der Waals surface area contributed by atoms with Gasteiger partial charge >= 0.3 is 0 Å². The first kappa shape index (κ1) is 57.5. The average Bonchev–Trinajstić information content (AvgIpc) is 4.08. The zero-order valence-electron chi connectivity index (χ0n) is 46.4. The highest BCUT2D eigenvalue weighted by molar-refractivity contribution is 6.03. The van der Waals surface area contributed by atoms with E-state index in [-0.39, 0.29) is 19.5 Å². The van der Waals surface area contributed by atoms with Crippen LogP contribution in [0.5, 0.6) is 11.5 Å². The molecule has 10 rings (SSSR count). The number of ether oxygens (including phenoxy) is 2. The van der Waals surface area contributed by atoms with Crippen LogP contribution in [0.1, 0.15) is 43.5 Å². The topological polar surface area (TPSA) is 207 Å². The van der Waals surface area contributed by atoms with Gasteiger partial charge in [0.05, 0.1) is 58.3 Å². The molecule has 0 unspecified atom stereocenters. The van der Waals surface area contributed by atoms with Crippen molar-refractivity contribution in [2.24, 2.45) is 0 Å². The number of nitrogens with two attached hydrogens (primary N) is 1. The summed E-state index contributed by atoms with van der Waals surface area (Å²) in [5, 5.41) is 12.1. The van der Waals surface area contributed by atoms with Crippen molar-refractivity contribution in [1.82, 2.24) is 45.0 Å². The molecule has 0 saturated carbocycles. The number of nitrogen functional groups attached to an aromatic ring is 1. The second-order valence-corrected chi connectivity index (χ2v) is 20.1. The van der Waals surface area contributed by atoms with Crippen LogP contribution in [0.2, 0.25) is 0 Å². The Kier molecular flexibility index (Phi) is 18.3. The predicted octanol–water partition coefficient (Wildman–Crippen LogP) is 10.7. The molecular weight excluding hydrogens is 979 g/mol. The smallest absolute Gasteiger partial charge is 0.247 e. The SMILES string of the molecule is C.C=CC(=O)Nc1cc(Nc2ncc(CC)c(-c3cn4c5c(cccc35)OCC4)n2)c(C)cc1N(C)CCN(C)C.CCc1cnc(Nc2cc(N)c(N(C)CCN(C)C)cc2C)nc1-c1cn2c3c(cccc13)OCC2.N. The third-order valence-corrected chi connectivity index (χ3v) is 14.1. The van der Waals surface area contributed by atoms with E-state index in [1.807, 2.05) is 76.9 Å². The molecule has 8 N–H and O–H groups in total. The molecular formula is C60H79N15O3. The summed E-state index contributed by atoms with van der Waals surface area (Å²) >= 11 is 0. The number of aromatic nitrogens is 6. The van der Waals surface area contributed by atoms with Gasteiger partial charge < -0.3 is 66.0 Å². The minimum Gasteiger partial charge on any atom is -0.490 e. The van der Waals surface area contributed by atoms with E-state index in [2.05, 4.69) is 140 Å². The van der Waals surface area contributed by atoms with Gasteiger partial charge in [0.25, 0.3) is 0 Å². The maximum atomic E-state index is 12.3. The lowest BCUT2D eigenvalue weighted by Gasteiger charge is -2.25. The van der Waals surface area contributed by atoms with Crippen LogP contribution in [0.15, 0.2) is 98.1 Å². The lowest BCUT2D eigenvalue weighted by molar-refractivity contribution is -0.111. The zero-order chi connectivity index (χ0) is 53.8. The highest BCUT2D eigenvalue weighted by Gasteiger charge is 2.24. The average molecular weight is 1060 g/mol. The van der Waals surface area contributed by atoms with Crippen molar-refractivity contribution in [3.8, 4) is 34.0 Å². The number of anilines is 8. The molecule has 412 valence electrons. The maximum Gasteiger partial charge on any atom is 0.247 e. The summed E-state index contributed by atoms with van der Waals surface area (Å²) in [6, 6.07) is 20.5. The first-order valence-electron chi connectivity index (χ1n) is 26.1. The van der Waals surface area contributed by atoms with E-state index in [4.69, 9.17) is 25.2 Å². The Labute approximate surface area is 459 Å². The van der Waals surface area contributed by atoms with E-state index >= 15 is 0 Å². The lowest BCUT2D eigenvalue weighted by atomic mass is 10.0. The van der Waals surface area contributed by atoms with Gasteiger partial charge in [0.15, 0.2) is 0 Å². The van der Waals surface area contributed by atoms with Gasteiger partial charge in [-0.3, -0.25) is 4.79 Å². The molecule has 78 heavy (non-hydrogen) atoms. The number of nitrogens with one attached hydrogen (secondary N) is 3. The van der Waals surface area contributed by atoms with E-state index in [1.54, 1.807) is 0 Å². The fourth-order valence-corrected chi connectivity index (χ4v) is 9.82. The fourth-order valence-electron chi connectivity index (χ4n) is 9.82. The van der Waals surface area contributed by atoms with E-state index in [0.717, 1.165) is 159 Å². The van der Waals surface area contributed by atoms with Crippen LogP contribution in [0.3, 0.4) is 0 Å². The van der Waals surface area contributed by atoms with Crippen LogP contribution >= 0.6 is 0 Å². The number of hydrogen-bond donors (Lipinski definition) is 5. The third-order valence-electron chi connectivity index (χ3n) is 14.1. The van der Waals surface area contributed by atoms with Gasteiger partial charge in [-0.05, 0) is 120 Å². The Bertz CT molecular complexity index is 3440. The van der Waals surface area contributed by atoms with Crippen molar-refractivity contribution in [3.05, 3.63) is 120 Å². The van der Waals surface area contributed by atoms with Crippen LogP contribution in [-0.2, 0) is 30.7 Å². The Morgan fingerprint density at radius 2 is 1.14 bits per heavy atom. The molecule has 2 aliphatic heterocycles. The third kappa shape index (κ3) is 12.2. The minimum atomic E-state index is -0.264. The molecule has 0 spiro atoms. The van der Waals surface area contributed by atoms with Gasteiger partial charge in [-0.1, -0.05) is 52.1 Å².